The number of ether oxygens (including phenoxy) is 35. The molecule has 21 saturated heterocycles. The fourth-order valence-corrected chi connectivity index (χ4v) is 19.4. The number of hydrogen-bond donors (Lipinski definition) is 0. The zero-order chi connectivity index (χ0) is 82.7. The van der Waals surface area contributed by atoms with Crippen molar-refractivity contribution < 1.29 is 166 Å². The molecule has 35 nitrogen and oxygen atoms in total. The van der Waals surface area contributed by atoms with Crippen molar-refractivity contribution in [1.29, 1.82) is 0 Å². The molecule has 35 atom stereocenters. The van der Waals surface area contributed by atoms with E-state index in [-0.39, 0.29) is 46.2 Å². The van der Waals surface area contributed by atoms with E-state index in [4.69, 9.17) is 166 Å². The van der Waals surface area contributed by atoms with Crippen molar-refractivity contribution >= 4 is 23.8 Å². The van der Waals surface area contributed by atoms with Crippen LogP contribution >= 0.6 is 7.92 Å². The number of benzene rings is 3. The van der Waals surface area contributed by atoms with Gasteiger partial charge in [0.05, 0.1) is 39.6 Å². The van der Waals surface area contributed by atoms with Gasteiger partial charge >= 0.3 is 0 Å². The second kappa shape index (κ2) is 45.8. The van der Waals surface area contributed by atoms with Crippen molar-refractivity contribution in [2.45, 2.75) is 215 Å². The Morgan fingerprint density at radius 2 is 0.371 bits per heavy atom. The maximum absolute atomic E-state index is 7.32. The maximum Gasteiger partial charge on any atom is 0.187 e. The van der Waals surface area contributed by atoms with Gasteiger partial charge in [-0.2, -0.15) is 0 Å². The summed E-state index contributed by atoms with van der Waals surface area (Å²) >= 11 is 0. The Kier molecular flexibility index (Phi) is 36.8. The number of hydrogen-bond acceptors (Lipinski definition) is 35. The molecule has 14 bridgehead atoms. The minimum atomic E-state index is -1.31. The van der Waals surface area contributed by atoms with Crippen molar-refractivity contribution in [2.75, 3.05) is 188 Å². The van der Waals surface area contributed by atoms with Gasteiger partial charge in [0.2, 0.25) is 0 Å². The van der Waals surface area contributed by atoms with Crippen molar-refractivity contribution in [3.05, 3.63) is 84.9 Å². The molecular formula is C80H123O35P. The van der Waals surface area contributed by atoms with Crippen LogP contribution in [-0.2, 0) is 161 Å². The molecule has 36 heteroatoms. The minimum Gasteiger partial charge on any atom is -0.491 e. The normalized spacial score (nSPS) is 40.7. The third-order valence-electron chi connectivity index (χ3n) is 22.5. The standard InChI is InChI=1S/C80H123O35P/c1-81-35-46-53-60(87-7)68(95-15)75(103-46)111-55-48(37-83-3)105-77(70(97-17)62(55)89-9)113-57-50(39-85-5)107-79(72(99-19)64(57)91-11)115-59-52(41-101-42-31-33-45(34-32-42)116(43-27-23-21-24-28-43)44-29-25-22-26-30-44)108-80(73(100-20)66(59)93-13)114-58-51(40-86-6)106-78(71(98-18)65(58)92-12)112-56-49(38-84-4)104-76(69(96-16)63(56)90-10)110-54-47(36-82-2)102-74(109-53)67(94-14)61(54)88-8/h21-34,46-80H,35-41H2,1-20H3/t46-,47-,48-,49-,50-,51-,52-,53-,54-,55-,56-,57-,58-,59-,60+,61+,62+,63+,64+,65+,66+,67-,68-,69-,70-,71-,72-,73-,74-,75-,76-,77-,78-,79-,80-/m1/s1. The number of methoxy groups -OCH3 is 20. The van der Waals surface area contributed by atoms with Crippen LogP contribution in [0.1, 0.15) is 0 Å². The summed E-state index contributed by atoms with van der Waals surface area (Å²) in [5.74, 6) is 0.523. The quantitative estimate of drug-likeness (QED) is 0.0803. The van der Waals surface area contributed by atoms with Gasteiger partial charge in [-0.05, 0) is 36.0 Å². The second-order valence-corrected chi connectivity index (χ2v) is 31.1. The van der Waals surface area contributed by atoms with Gasteiger partial charge in [-0.3, -0.25) is 0 Å². The molecule has 21 aliphatic rings. The first-order chi connectivity index (χ1) is 56.7. The van der Waals surface area contributed by atoms with Crippen LogP contribution in [0.25, 0.3) is 0 Å². The van der Waals surface area contributed by atoms with E-state index >= 15 is 0 Å². The van der Waals surface area contributed by atoms with Crippen LogP contribution in [0.2, 0.25) is 0 Å². The molecule has 0 unspecified atom stereocenters. The summed E-state index contributed by atoms with van der Waals surface area (Å²) in [6.07, 6.45) is -37.4. The lowest BCUT2D eigenvalue weighted by atomic mass is 9.94. The topological polar surface area (TPSA) is 323 Å². The summed E-state index contributed by atoms with van der Waals surface area (Å²) in [6, 6.07) is 28.9. The molecule has 21 fully saturated rings. The molecule has 3 aromatic carbocycles. The lowest BCUT2D eigenvalue weighted by Gasteiger charge is -2.52. The fraction of sp³-hybridized carbons (Fsp3) is 0.775. The van der Waals surface area contributed by atoms with E-state index in [1.165, 1.54) is 153 Å². The highest BCUT2D eigenvalue weighted by molar-refractivity contribution is 7.79. The third-order valence-corrected chi connectivity index (χ3v) is 25.0. The molecule has 3 aromatic rings. The molecule has 0 radical (unpaired) electrons. The maximum atomic E-state index is 7.32. The molecule has 0 N–H and O–H groups in total. The highest BCUT2D eigenvalue weighted by Gasteiger charge is 2.62. The van der Waals surface area contributed by atoms with E-state index in [0.717, 1.165) is 5.30 Å². The summed E-state index contributed by atoms with van der Waals surface area (Å²) in [4.78, 5) is 0. The van der Waals surface area contributed by atoms with Crippen molar-refractivity contribution in [3.63, 3.8) is 0 Å². The molecule has 21 aliphatic heterocycles. The highest BCUT2D eigenvalue weighted by Crippen LogP contribution is 2.44. The van der Waals surface area contributed by atoms with Gasteiger partial charge in [-0.1, -0.05) is 72.8 Å². The van der Waals surface area contributed by atoms with Gasteiger partial charge in [-0.15, -0.1) is 0 Å². The van der Waals surface area contributed by atoms with E-state index in [9.17, 15) is 0 Å². The lowest BCUT2D eigenvalue weighted by molar-refractivity contribution is -0.402. The third kappa shape index (κ3) is 20.6. The predicted octanol–water partition coefficient (Wildman–Crippen LogP) is 1.70. The van der Waals surface area contributed by atoms with Gasteiger partial charge in [-0.25, -0.2) is 0 Å². The summed E-state index contributed by atoms with van der Waals surface area (Å²) < 4.78 is 231. The molecule has 0 amide bonds. The Morgan fingerprint density at radius 1 is 0.198 bits per heavy atom. The fourth-order valence-electron chi connectivity index (χ4n) is 17.2. The zero-order valence-corrected chi connectivity index (χ0v) is 70.9. The van der Waals surface area contributed by atoms with Crippen molar-refractivity contribution in [2.24, 2.45) is 0 Å². The molecule has 0 aliphatic carbocycles. The van der Waals surface area contributed by atoms with E-state index in [2.05, 4.69) is 60.7 Å². The Labute approximate surface area is 681 Å². The summed E-state index contributed by atoms with van der Waals surface area (Å²) in [6.45, 7) is -0.501. The van der Waals surface area contributed by atoms with Crippen LogP contribution in [0, 0.1) is 0 Å². The average Bonchev–Trinajstić information content (AvgIpc) is 0.768. The molecule has 0 spiro atoms. The van der Waals surface area contributed by atoms with Crippen molar-refractivity contribution in [1.82, 2.24) is 0 Å². The predicted molar refractivity (Wildman–Crippen MR) is 408 cm³/mol. The van der Waals surface area contributed by atoms with Crippen LogP contribution < -0.4 is 20.7 Å². The van der Waals surface area contributed by atoms with Crippen LogP contribution in [-0.4, -0.2) is 403 Å². The highest BCUT2D eigenvalue weighted by atomic mass is 31.1. The van der Waals surface area contributed by atoms with E-state index in [0.29, 0.717) is 5.75 Å². The molecular weight excluding hydrogens is 1550 g/mol. The largest absolute Gasteiger partial charge is 0.491 e. The lowest BCUT2D eigenvalue weighted by Crippen LogP contribution is -2.69. The molecule has 0 saturated carbocycles. The van der Waals surface area contributed by atoms with Crippen LogP contribution in [0.4, 0.5) is 0 Å². The Hall–Kier alpha value is -3.47. The first-order valence-electron chi connectivity index (χ1n) is 38.8. The van der Waals surface area contributed by atoms with Gasteiger partial charge < -0.3 is 166 Å². The molecule has 116 heavy (non-hydrogen) atoms. The van der Waals surface area contributed by atoms with Crippen LogP contribution in [0.5, 0.6) is 5.75 Å². The summed E-state index contributed by atoms with van der Waals surface area (Å²) in [5, 5.41) is 3.47. The van der Waals surface area contributed by atoms with E-state index in [1.807, 2.05) is 24.3 Å². The van der Waals surface area contributed by atoms with Crippen LogP contribution in [0.3, 0.4) is 0 Å². The van der Waals surface area contributed by atoms with Gasteiger partial charge in [0.25, 0.3) is 0 Å². The molecule has 0 aromatic heterocycles. The Bertz CT molecular complexity index is 3190. The first kappa shape index (κ1) is 93.2. The monoisotopic (exact) mass is 1670 g/mol. The van der Waals surface area contributed by atoms with Gasteiger partial charge in [0.1, 0.15) is 183 Å². The average molecular weight is 1680 g/mol. The number of rotatable bonds is 32. The molecule has 21 heterocycles. The SMILES string of the molecule is COC[C@H]1O[C@@H]2O[C@H]3[C@H](OC)[C@@H](OC)[C@@H](O[C@H]4[C@H](OC)[C@@H](OC)[C@@H](O[C@H]5[C@H](OC)[C@@H](OC)[C@@H](O[C@H]6[C@H](OC)[C@@H](OC)[C@@H](O[C@H]7[C@H](OC)[C@@H](OC)[C@@H](O[C@H]8[C@H](OC)[C@@H](OC)[C@@H](O[C@H]1[C@H](OC)[C@H]2OC)O[C@@H]8COC)O[C@@H]7COC)O[C@@H]6COC)O[C@@H]5COc1ccc(P(c2ccccc2)c2ccccc2)cc1)O[C@@H]4COC)O[C@@H]3COC. The Balaban J connectivity index is 1.00. The minimum absolute atomic E-state index is 0.0487. The second-order valence-electron chi connectivity index (χ2n) is 28.9. The first-order valence-corrected chi connectivity index (χ1v) is 40.1. The van der Waals surface area contributed by atoms with E-state index < -0.39 is 223 Å². The molecule has 24 rings (SSSR count). The smallest absolute Gasteiger partial charge is 0.187 e. The van der Waals surface area contributed by atoms with Gasteiger partial charge in [0.15, 0.2) is 44.0 Å². The summed E-state index contributed by atoms with van der Waals surface area (Å²) in [5.41, 5.74) is 0. The van der Waals surface area contributed by atoms with Gasteiger partial charge in [0, 0.05) is 142 Å². The zero-order valence-electron chi connectivity index (χ0n) is 70.0. The summed E-state index contributed by atoms with van der Waals surface area (Å²) in [7, 11) is 29.4. The molecule has 658 valence electrons. The van der Waals surface area contributed by atoms with E-state index in [1.54, 1.807) is 0 Å². The Morgan fingerprint density at radius 3 is 0.543 bits per heavy atom. The van der Waals surface area contributed by atoms with Crippen molar-refractivity contribution in [3.8, 4) is 5.75 Å². The van der Waals surface area contributed by atoms with Crippen LogP contribution in [0.15, 0.2) is 84.9 Å².